The van der Waals surface area contributed by atoms with Crippen molar-refractivity contribution in [3.8, 4) is 11.1 Å². The summed E-state index contributed by atoms with van der Waals surface area (Å²) in [5, 5.41) is 5.58. The molecule has 0 atom stereocenters. The molecule has 5 rings (SSSR count). The first-order chi connectivity index (χ1) is 15.6. The van der Waals surface area contributed by atoms with E-state index in [9.17, 15) is 22.0 Å². The number of thiazole rings is 1. The van der Waals surface area contributed by atoms with Gasteiger partial charge in [-0.15, -0.1) is 0 Å². The number of primary sulfonamides is 1. The van der Waals surface area contributed by atoms with E-state index >= 15 is 0 Å². The van der Waals surface area contributed by atoms with Crippen molar-refractivity contribution in [2.24, 2.45) is 10.6 Å². The molecule has 2 N–H and O–H groups in total. The van der Waals surface area contributed by atoms with Gasteiger partial charge >= 0.3 is 0 Å². The summed E-state index contributed by atoms with van der Waals surface area (Å²) in [5.41, 5.74) is 1.39. The Balaban J connectivity index is 1.30. The number of halogens is 2. The molecule has 2 fully saturated rings. The second-order valence-corrected chi connectivity index (χ2v) is 11.2. The fourth-order valence-corrected chi connectivity index (χ4v) is 6.45. The van der Waals surface area contributed by atoms with Crippen LogP contribution in [0.5, 0.6) is 0 Å². The molecule has 1 aromatic heterocycles. The zero-order valence-corrected chi connectivity index (χ0v) is 19.2. The number of sulfonamides is 1. The molecule has 2 aromatic carbocycles. The number of nitrogens with two attached hydrogens (primary N) is 1. The van der Waals surface area contributed by atoms with Crippen LogP contribution in [0.3, 0.4) is 0 Å². The minimum absolute atomic E-state index is 0.0312. The van der Waals surface area contributed by atoms with Crippen molar-refractivity contribution in [3.05, 3.63) is 59.8 Å². The average Bonchev–Trinajstić information content (AvgIpc) is 3.29. The first-order valence-corrected chi connectivity index (χ1v) is 12.6. The molecule has 2 aliphatic rings. The number of nitrogens with zero attached hydrogens (tertiary/aromatic N) is 3. The maximum Gasteiger partial charge on any atom is 0.249 e. The van der Waals surface area contributed by atoms with E-state index in [1.807, 2.05) is 12.1 Å². The van der Waals surface area contributed by atoms with Crippen LogP contribution >= 0.6 is 11.3 Å². The van der Waals surface area contributed by atoms with Gasteiger partial charge in [-0.2, -0.15) is 0 Å². The highest BCUT2D eigenvalue weighted by molar-refractivity contribution is 7.91. The Labute approximate surface area is 193 Å². The number of rotatable bonds is 4. The van der Waals surface area contributed by atoms with Crippen LogP contribution in [0.2, 0.25) is 0 Å². The molecule has 1 spiro atoms. The maximum absolute atomic E-state index is 14.0. The Morgan fingerprint density at radius 3 is 2.45 bits per heavy atom. The molecule has 7 nitrogen and oxygen atoms in total. The largest absolute Gasteiger partial charge is 0.369 e. The predicted molar refractivity (Wildman–Crippen MR) is 122 cm³/mol. The molecule has 0 aliphatic carbocycles. The summed E-state index contributed by atoms with van der Waals surface area (Å²) in [5.74, 6) is -1.07. The van der Waals surface area contributed by atoms with Crippen LogP contribution in [0, 0.1) is 24.0 Å². The molecular formula is C22H20F2N4O3S2. The van der Waals surface area contributed by atoms with Crippen LogP contribution in [0.1, 0.15) is 12.1 Å². The number of hydrogen-bond donors (Lipinski definition) is 1. The summed E-state index contributed by atoms with van der Waals surface area (Å²) in [6.07, 6.45) is 0.637. The van der Waals surface area contributed by atoms with Crippen molar-refractivity contribution in [1.29, 1.82) is 0 Å². The summed E-state index contributed by atoms with van der Waals surface area (Å²) in [7, 11) is -3.89. The summed E-state index contributed by atoms with van der Waals surface area (Å²) >= 11 is 0.912. The Morgan fingerprint density at radius 2 is 1.82 bits per heavy atom. The molecule has 3 heterocycles. The van der Waals surface area contributed by atoms with Crippen LogP contribution in [-0.4, -0.2) is 38.9 Å². The van der Waals surface area contributed by atoms with E-state index in [0.29, 0.717) is 36.8 Å². The summed E-state index contributed by atoms with van der Waals surface area (Å²) in [6.45, 7) is 3.05. The zero-order valence-electron chi connectivity index (χ0n) is 17.6. The Morgan fingerprint density at radius 1 is 1.12 bits per heavy atom. The topological polar surface area (TPSA) is 96.6 Å². The summed E-state index contributed by atoms with van der Waals surface area (Å²) in [4.78, 5) is 21.0. The van der Waals surface area contributed by atoms with Crippen LogP contribution in [0.25, 0.3) is 11.1 Å². The Bertz CT molecular complexity index is 1370. The van der Waals surface area contributed by atoms with E-state index in [1.54, 1.807) is 24.0 Å². The lowest BCUT2D eigenvalue weighted by Gasteiger charge is -2.47. The third-order valence-electron chi connectivity index (χ3n) is 6.20. The number of aromatic nitrogens is 1. The first-order valence-electron chi connectivity index (χ1n) is 10.2. The monoisotopic (exact) mass is 490 g/mol. The molecule has 0 radical (unpaired) electrons. The van der Waals surface area contributed by atoms with Crippen LogP contribution in [0.15, 0.2) is 46.7 Å². The highest BCUT2D eigenvalue weighted by atomic mass is 32.2. The van der Waals surface area contributed by atoms with Gasteiger partial charge in [0.2, 0.25) is 15.9 Å². The number of amides is 1. The van der Waals surface area contributed by atoms with Gasteiger partial charge in [0.1, 0.15) is 11.6 Å². The van der Waals surface area contributed by atoms with E-state index in [2.05, 4.69) is 9.88 Å². The number of carbonyl (C=O) groups excluding carboxylic acids is 1. The van der Waals surface area contributed by atoms with Gasteiger partial charge < -0.3 is 4.90 Å². The number of hydrogen-bond acceptors (Lipinski definition) is 6. The molecule has 1 amide bonds. The molecule has 0 bridgehead atoms. The van der Waals surface area contributed by atoms with E-state index in [4.69, 9.17) is 5.14 Å². The smallest absolute Gasteiger partial charge is 0.249 e. The Hall–Kier alpha value is -2.89. The molecule has 0 unspecified atom stereocenters. The van der Waals surface area contributed by atoms with Gasteiger partial charge in [-0.1, -0.05) is 23.5 Å². The van der Waals surface area contributed by atoms with Crippen LogP contribution in [0.4, 0.5) is 19.6 Å². The van der Waals surface area contributed by atoms with Crippen LogP contribution < -0.4 is 14.9 Å². The molecular weight excluding hydrogens is 470 g/mol. The number of anilines is 2. The van der Waals surface area contributed by atoms with Crippen molar-refractivity contribution in [2.45, 2.75) is 17.6 Å². The fraction of sp³-hybridized carbons (Fsp3) is 0.273. The lowest BCUT2D eigenvalue weighted by molar-refractivity contribution is -0.126. The maximum atomic E-state index is 14.0. The van der Waals surface area contributed by atoms with Crippen molar-refractivity contribution in [1.82, 2.24) is 4.98 Å². The van der Waals surface area contributed by atoms with Gasteiger partial charge in [-0.05, 0) is 49.2 Å². The van der Waals surface area contributed by atoms with Gasteiger partial charge in [0.25, 0.3) is 0 Å². The van der Waals surface area contributed by atoms with Crippen molar-refractivity contribution in [2.75, 3.05) is 29.4 Å². The minimum atomic E-state index is -3.89. The number of aryl methyl sites for hydroxylation is 1. The van der Waals surface area contributed by atoms with E-state index in [-0.39, 0.29) is 21.4 Å². The zero-order chi connectivity index (χ0) is 23.5. The van der Waals surface area contributed by atoms with Gasteiger partial charge in [0, 0.05) is 30.9 Å². The predicted octanol–water partition coefficient (Wildman–Crippen LogP) is 3.29. The highest BCUT2D eigenvalue weighted by Gasteiger charge is 2.55. The average molecular weight is 491 g/mol. The normalized spacial score (nSPS) is 17.6. The standard InChI is InChI=1S/C22H20F2N4O3S2/c1-13-19(33(25,30)31)32-21(26-13)28-9-8-22(20(28)29)11-27(12-22)16-5-2-14(3-6-16)17-10-15(23)4-7-18(17)24/h2-7,10H,8-9,11-12H2,1H3,(H2,25,30,31). The molecule has 172 valence electrons. The lowest BCUT2D eigenvalue weighted by atomic mass is 9.78. The molecule has 0 saturated carbocycles. The highest BCUT2D eigenvalue weighted by Crippen LogP contribution is 2.45. The Kier molecular flexibility index (Phi) is 5.03. The van der Waals surface area contributed by atoms with Crippen molar-refractivity contribution in [3.63, 3.8) is 0 Å². The summed E-state index contributed by atoms with van der Waals surface area (Å²) in [6, 6.07) is 10.5. The third-order valence-corrected chi connectivity index (χ3v) is 8.94. The fourth-order valence-electron chi connectivity index (χ4n) is 4.48. The van der Waals surface area contributed by atoms with E-state index < -0.39 is 27.1 Å². The summed E-state index contributed by atoms with van der Waals surface area (Å²) < 4.78 is 50.9. The molecule has 2 saturated heterocycles. The molecule has 2 aliphatic heterocycles. The van der Waals surface area contributed by atoms with Gasteiger partial charge in [0.05, 0.1) is 11.1 Å². The molecule has 11 heteroatoms. The number of carbonyl (C=O) groups is 1. The minimum Gasteiger partial charge on any atom is -0.369 e. The van der Waals surface area contributed by atoms with E-state index in [1.165, 1.54) is 0 Å². The van der Waals surface area contributed by atoms with Gasteiger partial charge in [-0.25, -0.2) is 27.3 Å². The first kappa shape index (κ1) is 21.9. The van der Waals surface area contributed by atoms with Crippen molar-refractivity contribution >= 4 is 38.1 Å². The molecule has 3 aromatic rings. The van der Waals surface area contributed by atoms with E-state index in [0.717, 1.165) is 35.2 Å². The van der Waals surface area contributed by atoms with Gasteiger partial charge in [0.15, 0.2) is 9.34 Å². The second-order valence-electron chi connectivity index (χ2n) is 8.43. The number of benzene rings is 2. The SMILES string of the molecule is Cc1nc(N2CCC3(CN(c4ccc(-c5cc(F)ccc5F)cc4)C3)C2=O)sc1S(N)(=O)=O. The molecule has 33 heavy (non-hydrogen) atoms. The lowest BCUT2D eigenvalue weighted by Crippen LogP contribution is -2.60. The quantitative estimate of drug-likeness (QED) is 0.606. The van der Waals surface area contributed by atoms with Crippen molar-refractivity contribution < 1.29 is 22.0 Å². The van der Waals surface area contributed by atoms with Crippen LogP contribution in [-0.2, 0) is 14.8 Å². The third kappa shape index (κ3) is 3.69. The second kappa shape index (κ2) is 7.57. The van der Waals surface area contributed by atoms with Gasteiger partial charge in [-0.3, -0.25) is 9.69 Å².